The third kappa shape index (κ3) is 8.72. The van der Waals surface area contributed by atoms with Gasteiger partial charge in [0.2, 0.25) is 0 Å². The normalized spacial score (nSPS) is 10.7. The number of nitrogens with one attached hydrogen (secondary N) is 2. The first-order valence-corrected chi connectivity index (χ1v) is 9.48. The lowest BCUT2D eigenvalue weighted by Gasteiger charge is -2.13. The van der Waals surface area contributed by atoms with Gasteiger partial charge in [0, 0.05) is 27.2 Å². The van der Waals surface area contributed by atoms with Gasteiger partial charge in [-0.15, -0.1) is 24.0 Å². The van der Waals surface area contributed by atoms with E-state index >= 15 is 0 Å². The van der Waals surface area contributed by atoms with Gasteiger partial charge in [-0.3, -0.25) is 4.79 Å². The Morgan fingerprint density at radius 1 is 1.10 bits per heavy atom. The van der Waals surface area contributed by atoms with Crippen molar-refractivity contribution in [2.24, 2.45) is 4.99 Å². The maximum Gasteiger partial charge on any atom is 0.259 e. The summed E-state index contributed by atoms with van der Waals surface area (Å²) >= 11 is 0. The third-order valence-corrected chi connectivity index (χ3v) is 4.23. The molecule has 6 nitrogen and oxygen atoms in total. The SMILES string of the molecule is CCNC(=NCc1cccc(OCC(=O)N(C)C)c1)NCc1ccccc1C.I. The van der Waals surface area contributed by atoms with Crippen molar-refractivity contribution in [3.8, 4) is 5.75 Å². The number of halogens is 1. The first-order chi connectivity index (χ1) is 13.5. The van der Waals surface area contributed by atoms with E-state index in [2.05, 4.69) is 34.7 Å². The molecule has 7 heteroatoms. The van der Waals surface area contributed by atoms with Crippen LogP contribution >= 0.6 is 24.0 Å². The van der Waals surface area contributed by atoms with Gasteiger partial charge in [-0.25, -0.2) is 4.99 Å². The zero-order valence-corrected chi connectivity index (χ0v) is 19.9. The molecule has 0 spiro atoms. The van der Waals surface area contributed by atoms with Crippen LogP contribution in [0.5, 0.6) is 5.75 Å². The van der Waals surface area contributed by atoms with E-state index in [1.54, 1.807) is 14.1 Å². The number of carbonyl (C=O) groups is 1. The Morgan fingerprint density at radius 3 is 2.55 bits per heavy atom. The molecular weight excluding hydrogens is 479 g/mol. The second kappa shape index (κ2) is 13.0. The molecule has 0 radical (unpaired) electrons. The van der Waals surface area contributed by atoms with Gasteiger partial charge in [0.1, 0.15) is 5.75 Å². The molecule has 158 valence electrons. The van der Waals surface area contributed by atoms with Gasteiger partial charge in [-0.1, -0.05) is 36.4 Å². The molecule has 0 saturated carbocycles. The number of carbonyl (C=O) groups excluding carboxylic acids is 1. The minimum absolute atomic E-state index is 0. The lowest BCUT2D eigenvalue weighted by molar-refractivity contribution is -0.130. The second-order valence-electron chi connectivity index (χ2n) is 6.70. The minimum atomic E-state index is -0.0711. The molecule has 0 aliphatic heterocycles. The molecule has 2 rings (SSSR count). The maximum absolute atomic E-state index is 11.7. The van der Waals surface area contributed by atoms with Crippen LogP contribution in [0.1, 0.15) is 23.6 Å². The first kappa shape index (κ1) is 24.7. The summed E-state index contributed by atoms with van der Waals surface area (Å²) in [5, 5.41) is 6.64. The van der Waals surface area contributed by atoms with Gasteiger partial charge in [-0.05, 0) is 42.7 Å². The largest absolute Gasteiger partial charge is 0.484 e. The van der Waals surface area contributed by atoms with E-state index in [0.717, 1.165) is 18.1 Å². The molecule has 2 aromatic carbocycles. The number of aryl methyl sites for hydroxylation is 1. The Bertz CT molecular complexity index is 809. The summed E-state index contributed by atoms with van der Waals surface area (Å²) in [5.74, 6) is 1.36. The summed E-state index contributed by atoms with van der Waals surface area (Å²) in [6, 6.07) is 16.0. The molecule has 0 atom stereocenters. The lowest BCUT2D eigenvalue weighted by Crippen LogP contribution is -2.36. The Labute approximate surface area is 190 Å². The van der Waals surface area contributed by atoms with E-state index in [0.29, 0.717) is 18.8 Å². The number of hydrogen-bond acceptors (Lipinski definition) is 3. The second-order valence-corrected chi connectivity index (χ2v) is 6.70. The summed E-state index contributed by atoms with van der Waals surface area (Å²) in [7, 11) is 3.42. The molecule has 2 N–H and O–H groups in total. The van der Waals surface area contributed by atoms with Crippen LogP contribution in [0.4, 0.5) is 0 Å². The van der Waals surface area contributed by atoms with E-state index < -0.39 is 0 Å². The predicted octanol–water partition coefficient (Wildman–Crippen LogP) is 3.34. The van der Waals surface area contributed by atoms with Crippen LogP contribution in [-0.2, 0) is 17.9 Å². The van der Waals surface area contributed by atoms with Gasteiger partial charge < -0.3 is 20.3 Å². The van der Waals surface area contributed by atoms with Crippen LogP contribution in [0.3, 0.4) is 0 Å². The molecule has 0 heterocycles. The fourth-order valence-electron chi connectivity index (χ4n) is 2.51. The molecule has 2 aromatic rings. The van der Waals surface area contributed by atoms with Crippen molar-refractivity contribution in [2.45, 2.75) is 26.9 Å². The van der Waals surface area contributed by atoms with E-state index in [1.165, 1.54) is 16.0 Å². The highest BCUT2D eigenvalue weighted by molar-refractivity contribution is 14.0. The van der Waals surface area contributed by atoms with Gasteiger partial charge in [-0.2, -0.15) is 0 Å². The number of likely N-dealkylation sites (N-methyl/N-ethyl adjacent to an activating group) is 1. The number of nitrogens with zero attached hydrogens (tertiary/aromatic N) is 2. The fraction of sp³-hybridized carbons (Fsp3) is 0.364. The molecule has 0 aromatic heterocycles. The smallest absolute Gasteiger partial charge is 0.259 e. The first-order valence-electron chi connectivity index (χ1n) is 9.48. The number of ether oxygens (including phenoxy) is 1. The van der Waals surface area contributed by atoms with Crippen molar-refractivity contribution in [3.05, 3.63) is 65.2 Å². The number of amides is 1. The molecule has 0 aliphatic carbocycles. The standard InChI is InChI=1S/C22H30N4O2.HI/c1-5-23-22(25-15-19-11-7-6-9-17(19)2)24-14-18-10-8-12-20(13-18)28-16-21(27)26(3)4;/h6-13H,5,14-16H2,1-4H3,(H2,23,24,25);1H. The third-order valence-electron chi connectivity index (χ3n) is 4.23. The monoisotopic (exact) mass is 510 g/mol. The number of guanidine groups is 1. The Kier molecular flexibility index (Phi) is 11.1. The average Bonchev–Trinajstić information content (AvgIpc) is 2.69. The van der Waals surface area contributed by atoms with Crippen LogP contribution < -0.4 is 15.4 Å². The van der Waals surface area contributed by atoms with Crippen LogP contribution in [0, 0.1) is 6.92 Å². The minimum Gasteiger partial charge on any atom is -0.484 e. The Morgan fingerprint density at radius 2 is 1.86 bits per heavy atom. The van der Waals surface area contributed by atoms with Crippen molar-refractivity contribution in [1.82, 2.24) is 15.5 Å². The van der Waals surface area contributed by atoms with Crippen molar-refractivity contribution < 1.29 is 9.53 Å². The fourth-order valence-corrected chi connectivity index (χ4v) is 2.51. The quantitative estimate of drug-likeness (QED) is 0.325. The average molecular weight is 510 g/mol. The van der Waals surface area contributed by atoms with Gasteiger partial charge in [0.15, 0.2) is 12.6 Å². The molecule has 0 aliphatic rings. The number of benzene rings is 2. The van der Waals surface area contributed by atoms with Gasteiger partial charge in [0.25, 0.3) is 5.91 Å². The van der Waals surface area contributed by atoms with E-state index in [4.69, 9.17) is 4.74 Å². The highest BCUT2D eigenvalue weighted by Gasteiger charge is 2.06. The molecule has 0 saturated heterocycles. The highest BCUT2D eigenvalue weighted by Crippen LogP contribution is 2.14. The van der Waals surface area contributed by atoms with Gasteiger partial charge in [0.05, 0.1) is 6.54 Å². The van der Waals surface area contributed by atoms with Crippen LogP contribution in [0.25, 0.3) is 0 Å². The Balaban J connectivity index is 0.00000420. The summed E-state index contributed by atoms with van der Waals surface area (Å²) in [6.07, 6.45) is 0. The topological polar surface area (TPSA) is 66.0 Å². The molecule has 0 unspecified atom stereocenters. The van der Waals surface area contributed by atoms with Crippen molar-refractivity contribution in [1.29, 1.82) is 0 Å². The van der Waals surface area contributed by atoms with Crippen LogP contribution in [0.2, 0.25) is 0 Å². The summed E-state index contributed by atoms with van der Waals surface area (Å²) < 4.78 is 5.57. The van der Waals surface area contributed by atoms with Crippen molar-refractivity contribution >= 4 is 35.8 Å². The number of rotatable bonds is 8. The lowest BCUT2D eigenvalue weighted by atomic mass is 10.1. The van der Waals surface area contributed by atoms with E-state index in [1.807, 2.05) is 43.3 Å². The van der Waals surface area contributed by atoms with Crippen LogP contribution in [0.15, 0.2) is 53.5 Å². The maximum atomic E-state index is 11.7. The molecule has 29 heavy (non-hydrogen) atoms. The van der Waals surface area contributed by atoms with Crippen LogP contribution in [-0.4, -0.2) is 44.0 Å². The zero-order valence-electron chi connectivity index (χ0n) is 17.6. The highest BCUT2D eigenvalue weighted by atomic mass is 127. The summed E-state index contributed by atoms with van der Waals surface area (Å²) in [6.45, 7) is 6.20. The van der Waals surface area contributed by atoms with Gasteiger partial charge >= 0.3 is 0 Å². The molecule has 0 fully saturated rings. The summed E-state index contributed by atoms with van der Waals surface area (Å²) in [4.78, 5) is 17.8. The number of hydrogen-bond donors (Lipinski definition) is 2. The zero-order chi connectivity index (χ0) is 20.4. The molecule has 0 bridgehead atoms. The summed E-state index contributed by atoms with van der Waals surface area (Å²) in [5.41, 5.74) is 3.51. The predicted molar refractivity (Wildman–Crippen MR) is 129 cm³/mol. The van der Waals surface area contributed by atoms with Crippen molar-refractivity contribution in [2.75, 3.05) is 27.2 Å². The van der Waals surface area contributed by atoms with Crippen molar-refractivity contribution in [3.63, 3.8) is 0 Å². The molecular formula is C22H31IN4O2. The molecule has 1 amide bonds. The number of aliphatic imine (C=N–C) groups is 1. The van der Waals surface area contributed by atoms with E-state index in [-0.39, 0.29) is 36.5 Å². The Hall–Kier alpha value is -2.29. The van der Waals surface area contributed by atoms with E-state index in [9.17, 15) is 4.79 Å².